The van der Waals surface area contributed by atoms with E-state index >= 15 is 0 Å². The van der Waals surface area contributed by atoms with Crippen molar-refractivity contribution in [3.8, 4) is 5.75 Å². The lowest BCUT2D eigenvalue weighted by atomic mass is 9.69. The zero-order valence-electron chi connectivity index (χ0n) is 14.5. The lowest BCUT2D eigenvalue weighted by Gasteiger charge is -2.52. The van der Waals surface area contributed by atoms with Crippen LogP contribution < -0.4 is 4.74 Å². The monoisotopic (exact) mass is 460 g/mol. The number of rotatable bonds is 4. The first-order chi connectivity index (χ1) is 13.3. The van der Waals surface area contributed by atoms with Gasteiger partial charge in [0.1, 0.15) is 5.75 Å². The van der Waals surface area contributed by atoms with Crippen LogP contribution in [0.2, 0.25) is 0 Å². The molecule has 0 aromatic heterocycles. The van der Waals surface area contributed by atoms with Crippen molar-refractivity contribution in [1.29, 1.82) is 0 Å². The number of hydrogen-bond donors (Lipinski definition) is 1. The Hall–Kier alpha value is -2.12. The molecule has 0 heterocycles. The lowest BCUT2D eigenvalue weighted by molar-refractivity contribution is -0.487. The van der Waals surface area contributed by atoms with Gasteiger partial charge in [0, 0.05) is 13.3 Å². The maximum atomic E-state index is 14.7. The van der Waals surface area contributed by atoms with Crippen LogP contribution in [-0.2, 0) is 4.79 Å². The van der Waals surface area contributed by atoms with Crippen molar-refractivity contribution in [2.45, 2.75) is 54.7 Å². The summed E-state index contributed by atoms with van der Waals surface area (Å²) >= 11 is 0. The average Bonchev–Trinajstić information content (AvgIpc) is 2.59. The van der Waals surface area contributed by atoms with Gasteiger partial charge in [0.05, 0.1) is 6.10 Å². The first kappa shape index (κ1) is 24.2. The number of esters is 1. The number of aliphatic hydroxyl groups excluding tert-OH is 1. The molecule has 1 aliphatic rings. The number of hydrogen-bond acceptors (Lipinski definition) is 3. The molecule has 0 aliphatic heterocycles. The fraction of sp³-hybridized carbons (Fsp3) is 0.562. The third-order valence-electron chi connectivity index (χ3n) is 4.55. The number of ether oxygens (including phenoxy) is 1. The van der Waals surface area contributed by atoms with Crippen LogP contribution in [-0.4, -0.2) is 46.4 Å². The van der Waals surface area contributed by atoms with Crippen LogP contribution in [0.4, 0.5) is 48.3 Å². The normalized spacial score (nSPS) is 25.9. The second-order valence-corrected chi connectivity index (χ2v) is 6.56. The third kappa shape index (κ3) is 2.86. The van der Waals surface area contributed by atoms with Crippen molar-refractivity contribution < 1.29 is 62.9 Å². The highest BCUT2D eigenvalue weighted by Crippen LogP contribution is 2.70. The van der Waals surface area contributed by atoms with Gasteiger partial charge in [-0.2, -0.15) is 43.9 Å². The van der Waals surface area contributed by atoms with E-state index in [0.717, 1.165) is 25.1 Å². The summed E-state index contributed by atoms with van der Waals surface area (Å²) in [5.74, 6) is -37.2. The molecule has 2 rings (SSSR count). The Morgan fingerprint density at radius 3 is 1.73 bits per heavy atom. The number of aliphatic hydroxyl groups is 1. The summed E-state index contributed by atoms with van der Waals surface area (Å²) < 4.78 is 155. The minimum atomic E-state index is -7.32. The number of carbonyl (C=O) groups excluding carboxylic acids is 1. The van der Waals surface area contributed by atoms with Crippen LogP contribution in [0, 0.1) is 0 Å². The Labute approximate surface area is 160 Å². The molecule has 1 atom stereocenters. The van der Waals surface area contributed by atoms with Crippen molar-refractivity contribution >= 4 is 5.97 Å². The third-order valence-corrected chi connectivity index (χ3v) is 4.55. The summed E-state index contributed by atoms with van der Waals surface area (Å²) in [4.78, 5) is 10.9. The van der Waals surface area contributed by atoms with E-state index in [1.807, 2.05) is 0 Å². The molecule has 1 N–H and O–H groups in total. The van der Waals surface area contributed by atoms with Gasteiger partial charge < -0.3 is 9.84 Å². The van der Waals surface area contributed by atoms with Crippen LogP contribution in [0.3, 0.4) is 0 Å². The molecule has 3 nitrogen and oxygen atoms in total. The van der Waals surface area contributed by atoms with Gasteiger partial charge in [-0.05, 0) is 17.7 Å². The van der Waals surface area contributed by atoms with E-state index < -0.39 is 65.1 Å². The van der Waals surface area contributed by atoms with Gasteiger partial charge in [0.15, 0.2) is 0 Å². The molecule has 0 saturated heterocycles. The number of carbonyl (C=O) groups is 1. The summed E-state index contributed by atoms with van der Waals surface area (Å²) in [6, 6.07) is 3.30. The van der Waals surface area contributed by atoms with E-state index in [0.29, 0.717) is 6.07 Å². The minimum absolute atomic E-state index is 0.434. The second kappa shape index (κ2) is 6.69. The molecule has 0 spiro atoms. The summed E-state index contributed by atoms with van der Waals surface area (Å²) in [7, 11) is 0. The zero-order chi connectivity index (χ0) is 23.6. The van der Waals surface area contributed by atoms with Crippen LogP contribution in [0.15, 0.2) is 24.3 Å². The van der Waals surface area contributed by atoms with Crippen molar-refractivity contribution in [2.75, 3.05) is 0 Å². The highest BCUT2D eigenvalue weighted by atomic mass is 19.4. The van der Waals surface area contributed by atoms with Crippen LogP contribution in [0.25, 0.3) is 0 Å². The quantitative estimate of drug-likeness (QED) is 0.394. The molecule has 0 bridgehead atoms. The molecule has 1 aromatic carbocycles. The van der Waals surface area contributed by atoms with Gasteiger partial charge in [-0.3, -0.25) is 4.79 Å². The maximum absolute atomic E-state index is 14.7. The maximum Gasteiger partial charge on any atom is 0.384 e. The molecule has 1 saturated carbocycles. The molecule has 0 amide bonds. The van der Waals surface area contributed by atoms with Crippen molar-refractivity contribution in [3.05, 3.63) is 29.8 Å². The highest BCUT2D eigenvalue weighted by molar-refractivity contribution is 5.69. The second-order valence-electron chi connectivity index (χ2n) is 6.56. The van der Waals surface area contributed by atoms with Crippen molar-refractivity contribution in [3.63, 3.8) is 0 Å². The van der Waals surface area contributed by atoms with Gasteiger partial charge in [-0.15, -0.1) is 0 Å². The molecule has 170 valence electrons. The predicted molar refractivity (Wildman–Crippen MR) is 75.9 cm³/mol. The SMILES string of the molecule is CC(=O)Oc1cccc(C(O)CC2(F)C(F)(F)C(F)(F)C(F)(F)C(F)(F)C2(F)F)c1. The molecule has 1 aliphatic carbocycles. The molecule has 1 fully saturated rings. The predicted octanol–water partition coefficient (Wildman–Crippen LogP) is 4.93. The molecular formula is C16H11F11O3. The minimum Gasteiger partial charge on any atom is -0.427 e. The molecule has 1 aromatic rings. The molecule has 1 unspecified atom stereocenters. The van der Waals surface area contributed by atoms with Crippen LogP contribution in [0.5, 0.6) is 5.75 Å². The smallest absolute Gasteiger partial charge is 0.384 e. The fourth-order valence-electron chi connectivity index (χ4n) is 2.88. The van der Waals surface area contributed by atoms with E-state index in [4.69, 9.17) is 0 Å². The van der Waals surface area contributed by atoms with E-state index in [1.54, 1.807) is 0 Å². The van der Waals surface area contributed by atoms with Gasteiger partial charge in [0.2, 0.25) is 0 Å². The Bertz CT molecular complexity index is 807. The standard InChI is InChI=1S/C16H11F11O3/c1-7(28)30-9-4-2-3-8(5-9)10(29)6-11(17)12(18,19)14(22,23)16(26,27)15(24,25)13(11,20)21/h2-5,10,29H,6H2,1H3. The van der Waals surface area contributed by atoms with Crippen LogP contribution in [0.1, 0.15) is 25.0 Å². The number of alkyl halides is 11. The van der Waals surface area contributed by atoms with Gasteiger partial charge >= 0.3 is 35.6 Å². The zero-order valence-corrected chi connectivity index (χ0v) is 14.5. The topological polar surface area (TPSA) is 46.5 Å². The molecular weight excluding hydrogens is 449 g/mol. The highest BCUT2D eigenvalue weighted by Gasteiger charge is 3.00. The molecule has 30 heavy (non-hydrogen) atoms. The Kier molecular flexibility index (Phi) is 5.39. The van der Waals surface area contributed by atoms with E-state index in [2.05, 4.69) is 4.74 Å². The van der Waals surface area contributed by atoms with E-state index in [1.165, 1.54) is 0 Å². The Balaban J connectivity index is 2.57. The van der Waals surface area contributed by atoms with E-state index in [9.17, 15) is 58.2 Å². The first-order valence-corrected chi connectivity index (χ1v) is 7.82. The molecule has 14 heteroatoms. The fourth-order valence-corrected chi connectivity index (χ4v) is 2.88. The van der Waals surface area contributed by atoms with Gasteiger partial charge in [0.25, 0.3) is 5.67 Å². The number of benzene rings is 1. The summed E-state index contributed by atoms with van der Waals surface area (Å²) in [5, 5.41) is 9.81. The largest absolute Gasteiger partial charge is 0.427 e. The van der Waals surface area contributed by atoms with E-state index in [-0.39, 0.29) is 0 Å². The Morgan fingerprint density at radius 1 is 0.867 bits per heavy atom. The summed E-state index contributed by atoms with van der Waals surface area (Å²) in [6.45, 7) is 0.896. The van der Waals surface area contributed by atoms with Gasteiger partial charge in [-0.25, -0.2) is 4.39 Å². The van der Waals surface area contributed by atoms with Gasteiger partial charge in [-0.1, -0.05) is 12.1 Å². The first-order valence-electron chi connectivity index (χ1n) is 7.82. The van der Waals surface area contributed by atoms with Crippen LogP contribution >= 0.6 is 0 Å². The summed E-state index contributed by atoms with van der Waals surface area (Å²) in [6.07, 6.45) is -5.71. The number of halogens is 11. The molecule has 0 radical (unpaired) electrons. The average molecular weight is 460 g/mol. The summed E-state index contributed by atoms with van der Waals surface area (Å²) in [5.41, 5.74) is -7.09. The van der Waals surface area contributed by atoms with Crippen molar-refractivity contribution in [2.24, 2.45) is 0 Å². The van der Waals surface area contributed by atoms with Crippen molar-refractivity contribution in [1.82, 2.24) is 0 Å². The Morgan fingerprint density at radius 2 is 1.30 bits per heavy atom. The lowest BCUT2D eigenvalue weighted by Crippen LogP contribution is -2.83.